The number of ether oxygens (including phenoxy) is 2. The fraction of sp³-hybridized carbons (Fsp3) is 0.486. The Morgan fingerprint density at radius 3 is 2.37 bits per heavy atom. The van der Waals surface area contributed by atoms with Gasteiger partial charge >= 0.3 is 0 Å². The number of benzene rings is 2. The number of aliphatic hydroxyl groups is 2. The summed E-state index contributed by atoms with van der Waals surface area (Å²) < 4.78 is 46.4. The minimum atomic E-state index is -2.31. The van der Waals surface area contributed by atoms with Crippen molar-refractivity contribution < 1.29 is 42.9 Å². The van der Waals surface area contributed by atoms with Crippen LogP contribution in [0.25, 0.3) is 0 Å². The predicted molar refractivity (Wildman–Crippen MR) is 177 cm³/mol. The van der Waals surface area contributed by atoms with Gasteiger partial charge in [-0.2, -0.15) is 0 Å². The van der Waals surface area contributed by atoms with Gasteiger partial charge in [0, 0.05) is 37.8 Å². The van der Waals surface area contributed by atoms with Gasteiger partial charge in [-0.05, 0) is 93.2 Å². The number of Topliss-reactive ketones (excluding diaryl/α,β-unsaturated/α-hetero) is 1. The number of ketones is 2. The zero-order valence-electron chi connectivity index (χ0n) is 27.4. The molecule has 49 heavy (non-hydrogen) atoms. The van der Waals surface area contributed by atoms with Gasteiger partial charge in [0.15, 0.2) is 29.1 Å². The molecule has 2 aromatic carbocycles. The van der Waals surface area contributed by atoms with Gasteiger partial charge < -0.3 is 30.7 Å². The van der Waals surface area contributed by atoms with E-state index in [1.807, 2.05) is 36.4 Å². The lowest BCUT2D eigenvalue weighted by molar-refractivity contribution is -0.235. The van der Waals surface area contributed by atoms with E-state index in [0.29, 0.717) is 11.3 Å². The lowest BCUT2D eigenvalue weighted by Crippen LogP contribution is -2.70. The Bertz CT molecular complexity index is 1750. The molecule has 1 heterocycles. The van der Waals surface area contributed by atoms with Crippen molar-refractivity contribution in [3.8, 4) is 0 Å². The fourth-order valence-electron chi connectivity index (χ4n) is 9.41. The number of alkyl halides is 2. The van der Waals surface area contributed by atoms with Crippen molar-refractivity contribution in [1.82, 2.24) is 0 Å². The molecule has 1 saturated heterocycles. The van der Waals surface area contributed by atoms with E-state index in [1.165, 1.54) is 30.8 Å². The van der Waals surface area contributed by atoms with Crippen molar-refractivity contribution in [2.24, 2.45) is 28.4 Å². The monoisotopic (exact) mass is 694 g/mol. The Labute approximate surface area is 287 Å². The van der Waals surface area contributed by atoms with E-state index in [4.69, 9.17) is 15.2 Å². The molecule has 4 aliphatic carbocycles. The molecule has 2 aromatic rings. The van der Waals surface area contributed by atoms with Crippen LogP contribution >= 0.6 is 11.8 Å². The molecule has 3 saturated carbocycles. The number of aliphatic hydroxyl groups excluding tert-OH is 2. The number of hydrogen-bond donors (Lipinski definition) is 4. The fourth-order valence-corrected chi connectivity index (χ4v) is 10.2. The first kappa shape index (κ1) is 34.2. The summed E-state index contributed by atoms with van der Waals surface area (Å²) in [5, 5.41) is 24.7. The number of fused-ring (bicyclic) bond motifs is 7. The summed E-state index contributed by atoms with van der Waals surface area (Å²) in [6.07, 6.45) is -1.61. The molecule has 9 nitrogen and oxygen atoms in total. The van der Waals surface area contributed by atoms with E-state index in [9.17, 15) is 24.6 Å². The Balaban J connectivity index is 1.13. The summed E-state index contributed by atoms with van der Waals surface area (Å²) in [4.78, 5) is 39.6. The van der Waals surface area contributed by atoms with Gasteiger partial charge in [0.05, 0.1) is 18.2 Å². The number of anilines is 1. The Morgan fingerprint density at radius 1 is 1.08 bits per heavy atom. The van der Waals surface area contributed by atoms with E-state index >= 15 is 8.78 Å². The molecule has 7 rings (SSSR count). The highest BCUT2D eigenvalue weighted by atomic mass is 32.2. The van der Waals surface area contributed by atoms with Gasteiger partial charge in [-0.15, -0.1) is 0 Å². The number of hydrogen-bond acceptors (Lipinski definition) is 9. The largest absolute Gasteiger partial charge is 0.390 e. The standard InChI is InChI=1S/C37H40F2N2O7S/c1-19(40)32(46)41-21-6-10-24(11-7-21)49-23-8-4-20(5-9-23)33-47-31-16-25-26-15-28(38)27-14-22(43)12-13-34(27,2)36(26,39)29(44)17-35(25,3)37(31,48-33)30(45)18-42/h4-14,19,25-26,28-29,31,33,42,44H,15-18,40H2,1-3H3,(H,41,46)/t19-,25-,26-,28-,29-,31+,33+,34-,35-,36-,37+/m0/s1. The highest BCUT2D eigenvalue weighted by molar-refractivity contribution is 7.99. The second kappa shape index (κ2) is 11.9. The summed E-state index contributed by atoms with van der Waals surface area (Å²) in [6.45, 7) is 4.05. The number of nitrogens with two attached hydrogens (primary N) is 1. The summed E-state index contributed by atoms with van der Waals surface area (Å²) in [6, 6.07) is 14.1. The lowest BCUT2D eigenvalue weighted by atomic mass is 9.44. The molecule has 1 aliphatic heterocycles. The van der Waals surface area contributed by atoms with Crippen LogP contribution in [-0.4, -0.2) is 70.0 Å². The molecule has 0 unspecified atom stereocenters. The minimum absolute atomic E-state index is 0.0256. The smallest absolute Gasteiger partial charge is 0.240 e. The quantitative estimate of drug-likeness (QED) is 0.322. The van der Waals surface area contributed by atoms with E-state index in [-0.39, 0.29) is 30.7 Å². The van der Waals surface area contributed by atoms with Crippen molar-refractivity contribution in [3.05, 3.63) is 77.9 Å². The van der Waals surface area contributed by atoms with Gasteiger partial charge in [0.2, 0.25) is 5.91 Å². The van der Waals surface area contributed by atoms with Crippen molar-refractivity contribution in [1.29, 1.82) is 0 Å². The maximum atomic E-state index is 17.6. The molecule has 12 heteroatoms. The average Bonchev–Trinajstić information content (AvgIpc) is 3.57. The van der Waals surface area contributed by atoms with Gasteiger partial charge in [0.25, 0.3) is 0 Å². The minimum Gasteiger partial charge on any atom is -0.390 e. The summed E-state index contributed by atoms with van der Waals surface area (Å²) >= 11 is 1.50. The maximum Gasteiger partial charge on any atom is 0.240 e. The maximum absolute atomic E-state index is 17.6. The second-order valence-corrected chi connectivity index (χ2v) is 15.6. The molecular formula is C37H40F2N2O7S. The van der Waals surface area contributed by atoms with Crippen LogP contribution in [0.2, 0.25) is 0 Å². The first-order valence-electron chi connectivity index (χ1n) is 16.6. The van der Waals surface area contributed by atoms with Crippen LogP contribution < -0.4 is 11.1 Å². The van der Waals surface area contributed by atoms with Crippen LogP contribution in [-0.2, 0) is 23.9 Å². The number of halogens is 2. The molecule has 5 aliphatic rings. The summed E-state index contributed by atoms with van der Waals surface area (Å²) in [5.74, 6) is -2.96. The molecule has 4 fully saturated rings. The molecule has 0 aromatic heterocycles. The molecule has 0 radical (unpaired) electrons. The van der Waals surface area contributed by atoms with E-state index in [1.54, 1.807) is 26.0 Å². The van der Waals surface area contributed by atoms with Crippen LogP contribution in [0.15, 0.2) is 82.1 Å². The molecule has 0 spiro atoms. The third kappa shape index (κ3) is 4.93. The SMILES string of the molecule is C[C@H](N)C(=O)Nc1ccc(Sc2ccc([C@@H]3O[C@@H]4C[C@H]5[C@@H]6C[C@H](F)C7=CC(=O)C=C[C@]7(C)[C@@]6(F)[C@@H](O)C[C@]5(C)[C@]4(C(=O)CO)O3)cc2)cc1. The van der Waals surface area contributed by atoms with Gasteiger partial charge in [-0.1, -0.05) is 36.9 Å². The predicted octanol–water partition coefficient (Wildman–Crippen LogP) is 4.77. The average molecular weight is 695 g/mol. The van der Waals surface area contributed by atoms with Gasteiger partial charge in [0.1, 0.15) is 12.8 Å². The molecule has 1 amide bonds. The zero-order valence-corrected chi connectivity index (χ0v) is 28.2. The molecule has 5 N–H and O–H groups in total. The van der Waals surface area contributed by atoms with E-state index < -0.39 is 82.8 Å². The van der Waals surface area contributed by atoms with Crippen LogP contribution in [0.3, 0.4) is 0 Å². The first-order chi connectivity index (χ1) is 23.2. The van der Waals surface area contributed by atoms with Crippen molar-refractivity contribution >= 4 is 34.9 Å². The van der Waals surface area contributed by atoms with Crippen molar-refractivity contribution in [2.75, 3.05) is 11.9 Å². The lowest BCUT2D eigenvalue weighted by Gasteiger charge is -2.63. The molecule has 11 atom stereocenters. The van der Waals surface area contributed by atoms with Gasteiger partial charge in [-0.3, -0.25) is 14.4 Å². The topological polar surface area (TPSA) is 148 Å². The summed E-state index contributed by atoms with van der Waals surface area (Å²) in [5.41, 5.74) is 0.158. The van der Waals surface area contributed by atoms with E-state index in [0.717, 1.165) is 15.9 Å². The number of allylic oxidation sites excluding steroid dienone is 4. The molecule has 0 bridgehead atoms. The highest BCUT2D eigenvalue weighted by Crippen LogP contribution is 2.72. The van der Waals surface area contributed by atoms with Crippen LogP contribution in [0.4, 0.5) is 14.5 Å². The zero-order chi connectivity index (χ0) is 35.1. The third-order valence-corrected chi connectivity index (χ3v) is 12.9. The number of nitrogens with one attached hydrogen (secondary N) is 1. The van der Waals surface area contributed by atoms with Crippen molar-refractivity contribution in [2.45, 2.75) is 91.8 Å². The number of amides is 1. The van der Waals surface area contributed by atoms with Crippen molar-refractivity contribution in [3.63, 3.8) is 0 Å². The van der Waals surface area contributed by atoms with Crippen LogP contribution in [0.1, 0.15) is 51.9 Å². The number of carbonyl (C=O) groups excluding carboxylic acids is 3. The normalized spacial score (nSPS) is 39.7. The van der Waals surface area contributed by atoms with E-state index in [2.05, 4.69) is 5.32 Å². The van der Waals surface area contributed by atoms with Gasteiger partial charge in [-0.25, -0.2) is 8.78 Å². The molecular weight excluding hydrogens is 654 g/mol. The Kier molecular flexibility index (Phi) is 8.32. The number of rotatable bonds is 7. The highest BCUT2D eigenvalue weighted by Gasteiger charge is 2.80. The second-order valence-electron chi connectivity index (χ2n) is 14.5. The first-order valence-corrected chi connectivity index (χ1v) is 17.4. The Morgan fingerprint density at radius 2 is 1.73 bits per heavy atom. The summed E-state index contributed by atoms with van der Waals surface area (Å²) in [7, 11) is 0. The van der Waals surface area contributed by atoms with Crippen LogP contribution in [0, 0.1) is 22.7 Å². The number of carbonyl (C=O) groups is 3. The van der Waals surface area contributed by atoms with Crippen LogP contribution in [0.5, 0.6) is 0 Å². The molecule has 260 valence electrons. The Hall–Kier alpha value is -3.26. The third-order valence-electron chi connectivity index (χ3n) is 11.9.